The zero-order chi connectivity index (χ0) is 15.6. The largest absolute Gasteiger partial charge is 0.314 e. The summed E-state index contributed by atoms with van der Waals surface area (Å²) in [5.74, 6) is 0. The number of hydrogen-bond acceptors (Lipinski definition) is 4. The van der Waals surface area contributed by atoms with Gasteiger partial charge >= 0.3 is 0 Å². The highest BCUT2D eigenvalue weighted by atomic mass is 35.5. The lowest BCUT2D eigenvalue weighted by Gasteiger charge is -2.35. The fourth-order valence-electron chi connectivity index (χ4n) is 3.22. The molecule has 3 heterocycles. The van der Waals surface area contributed by atoms with Crippen LogP contribution in [0.4, 0.5) is 0 Å². The van der Waals surface area contributed by atoms with Crippen molar-refractivity contribution in [2.75, 3.05) is 26.2 Å². The Morgan fingerprint density at radius 1 is 1.13 bits per heavy atom. The second-order valence-corrected chi connectivity index (χ2v) is 7.10. The third-order valence-corrected chi connectivity index (χ3v) is 5.56. The van der Waals surface area contributed by atoms with Crippen LogP contribution in [0.1, 0.15) is 16.5 Å². The molecule has 0 spiro atoms. The molecule has 23 heavy (non-hydrogen) atoms. The zero-order valence-corrected chi connectivity index (χ0v) is 14.3. The van der Waals surface area contributed by atoms with Crippen LogP contribution in [-0.4, -0.2) is 36.1 Å². The van der Waals surface area contributed by atoms with Gasteiger partial charge in [0.2, 0.25) is 0 Å². The minimum absolute atomic E-state index is 0.182. The topological polar surface area (TPSA) is 28.2 Å². The average molecular weight is 344 g/mol. The molecule has 0 bridgehead atoms. The molecule has 1 saturated heterocycles. The van der Waals surface area contributed by atoms with Crippen LogP contribution < -0.4 is 5.32 Å². The van der Waals surface area contributed by atoms with Gasteiger partial charge in [0, 0.05) is 42.0 Å². The minimum Gasteiger partial charge on any atom is -0.314 e. The van der Waals surface area contributed by atoms with Crippen LogP contribution in [0, 0.1) is 0 Å². The van der Waals surface area contributed by atoms with E-state index in [-0.39, 0.29) is 6.04 Å². The summed E-state index contributed by atoms with van der Waals surface area (Å²) in [6.45, 7) is 4.07. The van der Waals surface area contributed by atoms with Gasteiger partial charge < -0.3 is 5.32 Å². The van der Waals surface area contributed by atoms with Gasteiger partial charge in [-0.05, 0) is 23.6 Å². The van der Waals surface area contributed by atoms with E-state index in [0.29, 0.717) is 5.15 Å². The van der Waals surface area contributed by atoms with Crippen LogP contribution in [-0.2, 0) is 0 Å². The Hall–Kier alpha value is -1.46. The number of pyridine rings is 1. The monoisotopic (exact) mass is 343 g/mol. The van der Waals surface area contributed by atoms with E-state index >= 15 is 0 Å². The summed E-state index contributed by atoms with van der Waals surface area (Å²) in [5, 5.41) is 7.31. The molecule has 4 rings (SSSR count). The second-order valence-electron chi connectivity index (χ2n) is 5.77. The molecule has 3 aromatic rings. The Balaban J connectivity index is 1.83. The summed E-state index contributed by atoms with van der Waals surface area (Å²) in [4.78, 5) is 8.45. The van der Waals surface area contributed by atoms with E-state index < -0.39 is 0 Å². The first-order valence-corrected chi connectivity index (χ1v) is 9.12. The van der Waals surface area contributed by atoms with Crippen LogP contribution in [0.2, 0.25) is 5.15 Å². The predicted molar refractivity (Wildman–Crippen MR) is 97.4 cm³/mol. The highest BCUT2D eigenvalue weighted by molar-refractivity contribution is 7.10. The maximum atomic E-state index is 6.59. The lowest BCUT2D eigenvalue weighted by Crippen LogP contribution is -2.45. The number of benzene rings is 1. The van der Waals surface area contributed by atoms with Crippen molar-refractivity contribution in [3.8, 4) is 0 Å². The molecule has 3 nitrogen and oxygen atoms in total. The molecule has 1 fully saturated rings. The van der Waals surface area contributed by atoms with Crippen LogP contribution in [0.5, 0.6) is 0 Å². The molecule has 1 aliphatic rings. The number of rotatable bonds is 3. The highest BCUT2D eigenvalue weighted by Crippen LogP contribution is 2.36. The van der Waals surface area contributed by atoms with Crippen molar-refractivity contribution in [3.05, 3.63) is 63.4 Å². The van der Waals surface area contributed by atoms with Crippen molar-refractivity contribution in [2.24, 2.45) is 0 Å². The van der Waals surface area contributed by atoms with Crippen LogP contribution in [0.15, 0.2) is 47.8 Å². The third-order valence-electron chi connectivity index (χ3n) is 4.33. The molecule has 5 heteroatoms. The van der Waals surface area contributed by atoms with Gasteiger partial charge in [-0.15, -0.1) is 11.3 Å². The van der Waals surface area contributed by atoms with Gasteiger partial charge in [-0.1, -0.05) is 35.9 Å². The van der Waals surface area contributed by atoms with E-state index in [1.807, 2.05) is 18.2 Å². The number of thiophene rings is 1. The third kappa shape index (κ3) is 3.00. The van der Waals surface area contributed by atoms with Gasteiger partial charge in [-0.2, -0.15) is 0 Å². The Kier molecular flexibility index (Phi) is 4.31. The number of aromatic nitrogens is 1. The van der Waals surface area contributed by atoms with Crippen molar-refractivity contribution in [1.29, 1.82) is 0 Å². The minimum atomic E-state index is 0.182. The van der Waals surface area contributed by atoms with E-state index in [4.69, 9.17) is 11.6 Å². The highest BCUT2D eigenvalue weighted by Gasteiger charge is 2.27. The predicted octanol–water partition coefficient (Wildman–Crippen LogP) is 3.94. The summed E-state index contributed by atoms with van der Waals surface area (Å²) in [5.41, 5.74) is 2.06. The van der Waals surface area contributed by atoms with Gasteiger partial charge in [-0.3, -0.25) is 4.90 Å². The maximum Gasteiger partial charge on any atom is 0.134 e. The summed E-state index contributed by atoms with van der Waals surface area (Å²) in [6.07, 6.45) is 0. The molecule has 0 amide bonds. The molecular formula is C18H18ClN3S. The molecule has 0 aliphatic carbocycles. The van der Waals surface area contributed by atoms with Crippen molar-refractivity contribution in [1.82, 2.24) is 15.2 Å². The molecule has 118 valence electrons. The fourth-order valence-corrected chi connectivity index (χ4v) is 4.34. The van der Waals surface area contributed by atoms with Crippen molar-refractivity contribution < 1.29 is 0 Å². The van der Waals surface area contributed by atoms with Crippen molar-refractivity contribution in [3.63, 3.8) is 0 Å². The number of nitrogens with zero attached hydrogens (tertiary/aromatic N) is 2. The van der Waals surface area contributed by atoms with Crippen molar-refractivity contribution >= 4 is 33.8 Å². The van der Waals surface area contributed by atoms with Crippen molar-refractivity contribution in [2.45, 2.75) is 6.04 Å². The zero-order valence-electron chi connectivity index (χ0n) is 12.7. The first-order chi connectivity index (χ1) is 11.3. The Bertz CT molecular complexity index is 797. The van der Waals surface area contributed by atoms with Gasteiger partial charge in [0.05, 0.1) is 11.6 Å². The van der Waals surface area contributed by atoms with Crippen LogP contribution in [0.25, 0.3) is 10.9 Å². The Morgan fingerprint density at radius 3 is 2.74 bits per heavy atom. The smallest absolute Gasteiger partial charge is 0.134 e. The molecular weight excluding hydrogens is 326 g/mol. The molecule has 1 aromatic carbocycles. The quantitative estimate of drug-likeness (QED) is 0.730. The molecule has 1 atom stereocenters. The van der Waals surface area contributed by atoms with Gasteiger partial charge in [0.15, 0.2) is 0 Å². The first kappa shape index (κ1) is 15.1. The van der Waals surface area contributed by atoms with Crippen LogP contribution >= 0.6 is 22.9 Å². The second kappa shape index (κ2) is 6.57. The number of halogens is 1. The summed E-state index contributed by atoms with van der Waals surface area (Å²) in [6, 6.07) is 14.9. The SMILES string of the molecule is Clc1nc2ccccc2cc1[C@H](c1cccs1)N1CCNCC1. The van der Waals surface area contributed by atoms with Gasteiger partial charge in [-0.25, -0.2) is 4.98 Å². The Labute approximate surface area is 144 Å². The lowest BCUT2D eigenvalue weighted by molar-refractivity contribution is 0.200. The summed E-state index contributed by atoms with van der Waals surface area (Å²) in [7, 11) is 0. The number of hydrogen-bond donors (Lipinski definition) is 1. The molecule has 0 unspecified atom stereocenters. The van der Waals surface area contributed by atoms with Crippen LogP contribution in [0.3, 0.4) is 0 Å². The molecule has 0 radical (unpaired) electrons. The standard InChI is InChI=1S/C18H18ClN3S/c19-18-14(12-13-4-1-2-5-15(13)21-18)17(16-6-3-11-23-16)22-9-7-20-8-10-22/h1-6,11-12,17,20H,7-10H2/t17-/m1/s1. The van der Waals surface area contributed by atoms with E-state index in [0.717, 1.165) is 42.6 Å². The van der Waals surface area contributed by atoms with Gasteiger partial charge in [0.25, 0.3) is 0 Å². The van der Waals surface area contributed by atoms with E-state index in [2.05, 4.69) is 44.8 Å². The van der Waals surface area contributed by atoms with E-state index in [9.17, 15) is 0 Å². The van der Waals surface area contributed by atoms with E-state index in [1.165, 1.54) is 4.88 Å². The fraction of sp³-hybridized carbons (Fsp3) is 0.278. The summed E-state index contributed by atoms with van der Waals surface area (Å²) < 4.78 is 0. The number of para-hydroxylation sites is 1. The normalized spacial score (nSPS) is 17.4. The molecule has 0 saturated carbocycles. The lowest BCUT2D eigenvalue weighted by atomic mass is 10.0. The molecule has 1 N–H and O–H groups in total. The maximum absolute atomic E-state index is 6.59. The molecule has 2 aromatic heterocycles. The van der Waals surface area contributed by atoms with Gasteiger partial charge in [0.1, 0.15) is 5.15 Å². The van der Waals surface area contributed by atoms with E-state index in [1.54, 1.807) is 11.3 Å². The number of nitrogens with one attached hydrogen (secondary N) is 1. The first-order valence-electron chi connectivity index (χ1n) is 7.86. The Morgan fingerprint density at radius 2 is 1.96 bits per heavy atom. The number of piperazine rings is 1. The number of fused-ring (bicyclic) bond motifs is 1. The summed E-state index contributed by atoms with van der Waals surface area (Å²) >= 11 is 8.37. The average Bonchev–Trinajstić information content (AvgIpc) is 3.11. The molecule has 1 aliphatic heterocycles.